The van der Waals surface area contributed by atoms with Gasteiger partial charge in [-0.2, -0.15) is 0 Å². The summed E-state index contributed by atoms with van der Waals surface area (Å²) in [6.45, 7) is 4.91. The molecule has 0 aromatic rings. The topological polar surface area (TPSA) is 54.5 Å². The molecule has 1 aliphatic rings. The third-order valence-electron chi connectivity index (χ3n) is 5.64. The maximum atomic E-state index is 12.4. The first-order valence-electron chi connectivity index (χ1n) is 11.5. The molecule has 1 heterocycles. The molecule has 1 fully saturated rings. The molecule has 1 aliphatic heterocycles. The summed E-state index contributed by atoms with van der Waals surface area (Å²) in [4.78, 5) is 37.9. The van der Waals surface area contributed by atoms with Crippen LogP contribution in [-0.4, -0.2) is 29.0 Å². The van der Waals surface area contributed by atoms with E-state index in [0.717, 1.165) is 51.4 Å². The Labute approximate surface area is 166 Å². The SMILES string of the molecule is CCCCCCCC1CC(=O)N(CCCCCC(=O)CCCCCC)C1=O. The summed E-state index contributed by atoms with van der Waals surface area (Å²) in [5, 5.41) is 0. The lowest BCUT2D eigenvalue weighted by Crippen LogP contribution is -2.31. The summed E-state index contributed by atoms with van der Waals surface area (Å²) in [5.74, 6) is 0.333. The summed E-state index contributed by atoms with van der Waals surface area (Å²) in [5.41, 5.74) is 0. The molecular formula is C23H41NO3. The number of rotatable bonds is 17. The number of unbranched alkanes of at least 4 members (excludes halogenated alkanes) is 9. The van der Waals surface area contributed by atoms with Crippen LogP contribution >= 0.6 is 0 Å². The lowest BCUT2D eigenvalue weighted by Gasteiger charge is -2.14. The monoisotopic (exact) mass is 379 g/mol. The average molecular weight is 380 g/mol. The summed E-state index contributed by atoms with van der Waals surface area (Å²) in [6.07, 6.45) is 15.7. The second-order valence-corrected chi connectivity index (χ2v) is 8.15. The maximum absolute atomic E-state index is 12.4. The maximum Gasteiger partial charge on any atom is 0.232 e. The minimum Gasteiger partial charge on any atom is -0.300 e. The quantitative estimate of drug-likeness (QED) is 0.236. The molecular weight excluding hydrogens is 338 g/mol. The Morgan fingerprint density at radius 1 is 0.815 bits per heavy atom. The van der Waals surface area contributed by atoms with Gasteiger partial charge in [0.1, 0.15) is 5.78 Å². The van der Waals surface area contributed by atoms with E-state index in [1.165, 1.54) is 37.0 Å². The fourth-order valence-electron chi connectivity index (χ4n) is 3.85. The number of hydrogen-bond acceptors (Lipinski definition) is 3. The number of likely N-dealkylation sites (tertiary alicyclic amines) is 1. The second-order valence-electron chi connectivity index (χ2n) is 8.15. The number of amides is 2. The number of carbonyl (C=O) groups is 3. The number of nitrogens with zero attached hydrogens (tertiary/aromatic N) is 1. The Kier molecular flexibility index (Phi) is 13.1. The smallest absolute Gasteiger partial charge is 0.232 e. The Morgan fingerprint density at radius 3 is 2.00 bits per heavy atom. The van der Waals surface area contributed by atoms with Crippen molar-refractivity contribution in [3.05, 3.63) is 0 Å². The minimum atomic E-state index is -0.0798. The number of ketones is 1. The van der Waals surface area contributed by atoms with E-state index in [1.807, 2.05) is 0 Å². The highest BCUT2D eigenvalue weighted by molar-refractivity contribution is 6.03. The van der Waals surface area contributed by atoms with Crippen LogP contribution < -0.4 is 0 Å². The summed E-state index contributed by atoms with van der Waals surface area (Å²) >= 11 is 0. The fraction of sp³-hybridized carbons (Fsp3) is 0.870. The number of Topliss-reactive ketones (excluding diaryl/α,β-unsaturated/α-hetero) is 1. The van der Waals surface area contributed by atoms with Gasteiger partial charge in [0.05, 0.1) is 0 Å². The van der Waals surface area contributed by atoms with Crippen molar-refractivity contribution in [2.75, 3.05) is 6.54 Å². The number of hydrogen-bond donors (Lipinski definition) is 0. The van der Waals surface area contributed by atoms with Crippen molar-refractivity contribution in [3.63, 3.8) is 0 Å². The molecule has 0 aliphatic carbocycles. The summed E-state index contributed by atoms with van der Waals surface area (Å²) < 4.78 is 0. The molecule has 0 spiro atoms. The molecule has 0 bridgehead atoms. The van der Waals surface area contributed by atoms with Crippen molar-refractivity contribution in [2.45, 2.75) is 117 Å². The van der Waals surface area contributed by atoms with Gasteiger partial charge in [-0.3, -0.25) is 19.3 Å². The van der Waals surface area contributed by atoms with Crippen LogP contribution in [0.5, 0.6) is 0 Å². The van der Waals surface area contributed by atoms with Crippen molar-refractivity contribution in [1.29, 1.82) is 0 Å². The van der Waals surface area contributed by atoms with Crippen LogP contribution in [0.1, 0.15) is 117 Å². The van der Waals surface area contributed by atoms with Gasteiger partial charge < -0.3 is 0 Å². The molecule has 1 atom stereocenters. The van der Waals surface area contributed by atoms with E-state index in [4.69, 9.17) is 0 Å². The van der Waals surface area contributed by atoms with Crippen molar-refractivity contribution in [3.8, 4) is 0 Å². The Morgan fingerprint density at radius 2 is 1.37 bits per heavy atom. The molecule has 2 amide bonds. The van der Waals surface area contributed by atoms with Gasteiger partial charge in [-0.1, -0.05) is 71.6 Å². The van der Waals surface area contributed by atoms with E-state index in [1.54, 1.807) is 0 Å². The van der Waals surface area contributed by atoms with Crippen LogP contribution in [0.4, 0.5) is 0 Å². The zero-order valence-corrected chi connectivity index (χ0v) is 17.8. The van der Waals surface area contributed by atoms with Gasteiger partial charge in [0.2, 0.25) is 11.8 Å². The lowest BCUT2D eigenvalue weighted by molar-refractivity contribution is -0.139. The van der Waals surface area contributed by atoms with Gasteiger partial charge in [0, 0.05) is 31.7 Å². The van der Waals surface area contributed by atoms with Crippen LogP contribution in [-0.2, 0) is 14.4 Å². The molecule has 0 radical (unpaired) electrons. The van der Waals surface area contributed by atoms with Crippen LogP contribution in [0.15, 0.2) is 0 Å². The normalized spacial score (nSPS) is 17.1. The molecule has 0 aromatic heterocycles. The highest BCUT2D eigenvalue weighted by Crippen LogP contribution is 2.25. The molecule has 27 heavy (non-hydrogen) atoms. The molecule has 1 rings (SSSR count). The summed E-state index contributed by atoms with van der Waals surface area (Å²) in [7, 11) is 0. The second kappa shape index (κ2) is 14.8. The predicted molar refractivity (Wildman–Crippen MR) is 110 cm³/mol. The Hall–Kier alpha value is -1.19. The van der Waals surface area contributed by atoms with Gasteiger partial charge in [-0.05, 0) is 25.7 Å². The first-order chi connectivity index (χ1) is 13.1. The van der Waals surface area contributed by atoms with E-state index in [2.05, 4.69) is 13.8 Å². The average Bonchev–Trinajstić information content (AvgIpc) is 2.92. The van der Waals surface area contributed by atoms with E-state index < -0.39 is 0 Å². The number of carbonyl (C=O) groups excluding carboxylic acids is 3. The first kappa shape index (κ1) is 23.8. The van der Waals surface area contributed by atoms with Crippen LogP contribution in [0.2, 0.25) is 0 Å². The van der Waals surface area contributed by atoms with Crippen LogP contribution in [0.3, 0.4) is 0 Å². The van der Waals surface area contributed by atoms with E-state index >= 15 is 0 Å². The standard InChI is InChI=1S/C23H41NO3/c1-3-5-7-9-11-15-20-19-22(26)24(23(20)27)18-14-10-13-17-21(25)16-12-8-6-4-2/h20H,3-19H2,1-2H3. The van der Waals surface area contributed by atoms with Crippen molar-refractivity contribution in [1.82, 2.24) is 4.90 Å². The van der Waals surface area contributed by atoms with Crippen molar-refractivity contribution < 1.29 is 14.4 Å². The Bertz CT molecular complexity index is 447. The molecule has 0 saturated carbocycles. The van der Waals surface area contributed by atoms with Gasteiger partial charge in [0.25, 0.3) is 0 Å². The van der Waals surface area contributed by atoms with E-state index in [9.17, 15) is 14.4 Å². The zero-order chi connectivity index (χ0) is 19.9. The molecule has 4 heteroatoms. The molecule has 0 aromatic carbocycles. The Balaban J connectivity index is 2.11. The lowest BCUT2D eigenvalue weighted by atomic mass is 9.99. The number of imide groups is 1. The first-order valence-corrected chi connectivity index (χ1v) is 11.5. The highest BCUT2D eigenvalue weighted by Gasteiger charge is 2.37. The van der Waals surface area contributed by atoms with E-state index in [-0.39, 0.29) is 17.7 Å². The molecule has 0 N–H and O–H groups in total. The van der Waals surface area contributed by atoms with E-state index in [0.29, 0.717) is 31.6 Å². The third kappa shape index (κ3) is 10.1. The van der Waals surface area contributed by atoms with Crippen molar-refractivity contribution >= 4 is 17.6 Å². The van der Waals surface area contributed by atoms with Gasteiger partial charge >= 0.3 is 0 Å². The predicted octanol–water partition coefficient (Wildman–Crippen LogP) is 5.82. The summed E-state index contributed by atoms with van der Waals surface area (Å²) in [6, 6.07) is 0. The molecule has 4 nitrogen and oxygen atoms in total. The van der Waals surface area contributed by atoms with Gasteiger partial charge in [-0.15, -0.1) is 0 Å². The fourth-order valence-corrected chi connectivity index (χ4v) is 3.85. The zero-order valence-electron chi connectivity index (χ0n) is 17.8. The highest BCUT2D eigenvalue weighted by atomic mass is 16.2. The molecule has 1 saturated heterocycles. The molecule has 156 valence electrons. The minimum absolute atomic E-state index is 0.00515. The molecule has 1 unspecified atom stereocenters. The third-order valence-corrected chi connectivity index (χ3v) is 5.64. The van der Waals surface area contributed by atoms with Crippen LogP contribution in [0.25, 0.3) is 0 Å². The van der Waals surface area contributed by atoms with Gasteiger partial charge in [-0.25, -0.2) is 0 Å². The van der Waals surface area contributed by atoms with Crippen LogP contribution in [0, 0.1) is 5.92 Å². The largest absolute Gasteiger partial charge is 0.300 e. The van der Waals surface area contributed by atoms with Crippen molar-refractivity contribution in [2.24, 2.45) is 5.92 Å². The van der Waals surface area contributed by atoms with Gasteiger partial charge in [0.15, 0.2) is 0 Å².